The number of hydrogen-bond donors (Lipinski definition) is 0. The van der Waals surface area contributed by atoms with Crippen LogP contribution < -0.4 is 0 Å². The van der Waals surface area contributed by atoms with Crippen molar-refractivity contribution in [2.24, 2.45) is 0 Å². The second kappa shape index (κ2) is 4.13. The molecule has 4 heteroatoms. The number of nitrogens with zero attached hydrogens (tertiary/aromatic N) is 2. The van der Waals surface area contributed by atoms with Crippen LogP contribution in [0.4, 0.5) is 4.79 Å². The van der Waals surface area contributed by atoms with E-state index in [0.717, 1.165) is 0 Å². The molecule has 0 aliphatic rings. The van der Waals surface area contributed by atoms with E-state index in [1.165, 1.54) is 4.90 Å². The maximum Gasteiger partial charge on any atom is 0.411 e. The third kappa shape index (κ3) is 4.36. The molecule has 0 aromatic rings. The summed E-state index contributed by atoms with van der Waals surface area (Å²) in [5.74, 6) is 0. The van der Waals surface area contributed by atoms with Gasteiger partial charge in [0.15, 0.2) is 0 Å². The first-order valence-corrected chi connectivity index (χ1v) is 4.13. The fraction of sp³-hybridized carbons (Fsp3) is 0.778. The molecule has 0 spiro atoms. The lowest BCUT2D eigenvalue weighted by Crippen LogP contribution is -2.38. The molecular weight excluding hydrogens is 168 g/mol. The van der Waals surface area contributed by atoms with E-state index in [2.05, 4.69) is 0 Å². The Labute approximate surface area is 79.1 Å². The SMILES string of the molecule is CC(C#N)N(C)C(=O)OC(C)(C)C. The molecule has 0 bridgehead atoms. The van der Waals surface area contributed by atoms with Crippen molar-refractivity contribution in [3.63, 3.8) is 0 Å². The largest absolute Gasteiger partial charge is 0.444 e. The van der Waals surface area contributed by atoms with Crippen LogP contribution in [0.1, 0.15) is 27.7 Å². The summed E-state index contributed by atoms with van der Waals surface area (Å²) in [6.45, 7) is 7.01. The van der Waals surface area contributed by atoms with Crippen molar-refractivity contribution in [1.29, 1.82) is 5.26 Å². The van der Waals surface area contributed by atoms with E-state index in [0.29, 0.717) is 0 Å². The van der Waals surface area contributed by atoms with Gasteiger partial charge in [0.2, 0.25) is 0 Å². The van der Waals surface area contributed by atoms with E-state index < -0.39 is 17.7 Å². The summed E-state index contributed by atoms with van der Waals surface area (Å²) >= 11 is 0. The molecule has 1 atom stereocenters. The van der Waals surface area contributed by atoms with Gasteiger partial charge >= 0.3 is 6.09 Å². The third-order valence-electron chi connectivity index (χ3n) is 1.45. The Morgan fingerprint density at radius 3 is 2.31 bits per heavy atom. The van der Waals surface area contributed by atoms with Gasteiger partial charge in [-0.1, -0.05) is 0 Å². The molecule has 0 saturated carbocycles. The van der Waals surface area contributed by atoms with Crippen molar-refractivity contribution >= 4 is 6.09 Å². The van der Waals surface area contributed by atoms with Gasteiger partial charge in [0, 0.05) is 7.05 Å². The first kappa shape index (κ1) is 11.8. The first-order chi connectivity index (χ1) is 5.78. The predicted octanol–water partition coefficient (Wildman–Crippen LogP) is 1.77. The zero-order chi connectivity index (χ0) is 10.6. The van der Waals surface area contributed by atoms with Crippen LogP contribution in [0.25, 0.3) is 0 Å². The summed E-state index contributed by atoms with van der Waals surface area (Å²) < 4.78 is 5.06. The summed E-state index contributed by atoms with van der Waals surface area (Å²) in [5, 5.41) is 8.55. The van der Waals surface area contributed by atoms with Gasteiger partial charge in [0.25, 0.3) is 0 Å². The second-order valence-corrected chi connectivity index (χ2v) is 3.90. The highest BCUT2D eigenvalue weighted by Gasteiger charge is 2.22. The Bertz CT molecular complexity index is 225. The van der Waals surface area contributed by atoms with Gasteiger partial charge < -0.3 is 4.74 Å². The molecule has 13 heavy (non-hydrogen) atoms. The van der Waals surface area contributed by atoms with Gasteiger partial charge in [0.05, 0.1) is 6.07 Å². The van der Waals surface area contributed by atoms with Crippen molar-refractivity contribution in [2.45, 2.75) is 39.3 Å². The number of rotatable bonds is 1. The molecule has 0 aliphatic carbocycles. The average molecular weight is 184 g/mol. The summed E-state index contributed by atoms with van der Waals surface area (Å²) in [5.41, 5.74) is -0.513. The molecule has 1 amide bonds. The summed E-state index contributed by atoms with van der Waals surface area (Å²) in [7, 11) is 1.54. The van der Waals surface area contributed by atoms with Crippen LogP contribution in [-0.2, 0) is 4.74 Å². The lowest BCUT2D eigenvalue weighted by atomic mass is 10.2. The fourth-order valence-corrected chi connectivity index (χ4v) is 0.579. The van der Waals surface area contributed by atoms with Crippen molar-refractivity contribution < 1.29 is 9.53 Å². The smallest absolute Gasteiger partial charge is 0.411 e. The number of ether oxygens (including phenoxy) is 1. The van der Waals surface area contributed by atoms with Crippen LogP contribution in [0.5, 0.6) is 0 Å². The zero-order valence-electron chi connectivity index (χ0n) is 8.79. The molecule has 0 aromatic carbocycles. The van der Waals surface area contributed by atoms with Crippen molar-refractivity contribution in [1.82, 2.24) is 4.90 Å². The van der Waals surface area contributed by atoms with Crippen molar-refractivity contribution in [2.75, 3.05) is 7.05 Å². The Morgan fingerprint density at radius 1 is 1.54 bits per heavy atom. The molecule has 0 rings (SSSR count). The number of nitriles is 1. The van der Waals surface area contributed by atoms with Crippen LogP contribution >= 0.6 is 0 Å². The minimum Gasteiger partial charge on any atom is -0.444 e. The first-order valence-electron chi connectivity index (χ1n) is 4.13. The number of amides is 1. The lowest BCUT2D eigenvalue weighted by molar-refractivity contribution is 0.0271. The lowest BCUT2D eigenvalue weighted by Gasteiger charge is -2.25. The van der Waals surface area contributed by atoms with Crippen LogP contribution in [0.3, 0.4) is 0 Å². The molecule has 4 nitrogen and oxygen atoms in total. The Balaban J connectivity index is 4.22. The van der Waals surface area contributed by atoms with Crippen LogP contribution in [0.2, 0.25) is 0 Å². The highest BCUT2D eigenvalue weighted by atomic mass is 16.6. The molecule has 0 heterocycles. The average Bonchev–Trinajstić information content (AvgIpc) is 1.98. The van der Waals surface area contributed by atoms with Gasteiger partial charge in [-0.15, -0.1) is 0 Å². The topological polar surface area (TPSA) is 53.3 Å². The van der Waals surface area contributed by atoms with E-state index in [9.17, 15) is 4.79 Å². The van der Waals surface area contributed by atoms with Gasteiger partial charge in [-0.25, -0.2) is 4.79 Å². The summed E-state index contributed by atoms with van der Waals surface area (Å²) in [6.07, 6.45) is -0.471. The zero-order valence-corrected chi connectivity index (χ0v) is 8.79. The van der Waals surface area contributed by atoms with Crippen LogP contribution in [-0.4, -0.2) is 29.7 Å². The van der Waals surface area contributed by atoms with Gasteiger partial charge in [-0.2, -0.15) is 5.26 Å². The predicted molar refractivity (Wildman–Crippen MR) is 49.1 cm³/mol. The molecule has 0 N–H and O–H groups in total. The Morgan fingerprint density at radius 2 is 2.00 bits per heavy atom. The molecule has 0 fully saturated rings. The van der Waals surface area contributed by atoms with E-state index in [-0.39, 0.29) is 0 Å². The van der Waals surface area contributed by atoms with Crippen molar-refractivity contribution in [3.05, 3.63) is 0 Å². The standard InChI is InChI=1S/C9H16N2O2/c1-7(6-10)11(5)8(12)13-9(2,3)4/h7H,1-5H3. The highest BCUT2D eigenvalue weighted by Crippen LogP contribution is 2.10. The van der Waals surface area contributed by atoms with E-state index in [1.807, 2.05) is 6.07 Å². The second-order valence-electron chi connectivity index (χ2n) is 3.90. The summed E-state index contributed by atoms with van der Waals surface area (Å²) in [4.78, 5) is 12.6. The van der Waals surface area contributed by atoms with Crippen LogP contribution in [0, 0.1) is 11.3 Å². The monoisotopic (exact) mass is 184 g/mol. The van der Waals surface area contributed by atoms with Crippen LogP contribution in [0.15, 0.2) is 0 Å². The van der Waals surface area contributed by atoms with E-state index >= 15 is 0 Å². The highest BCUT2D eigenvalue weighted by molar-refractivity contribution is 5.68. The van der Waals surface area contributed by atoms with Gasteiger partial charge in [0.1, 0.15) is 11.6 Å². The molecule has 74 valence electrons. The minimum absolute atomic E-state index is 0.463. The molecule has 0 aromatic heterocycles. The molecule has 1 unspecified atom stereocenters. The Hall–Kier alpha value is -1.24. The molecular formula is C9H16N2O2. The molecule has 0 aliphatic heterocycles. The van der Waals surface area contributed by atoms with Crippen molar-refractivity contribution in [3.8, 4) is 6.07 Å². The maximum atomic E-state index is 11.3. The number of carbonyl (C=O) groups is 1. The molecule has 0 saturated heterocycles. The molecule has 0 radical (unpaired) electrons. The maximum absolute atomic E-state index is 11.3. The third-order valence-corrected chi connectivity index (χ3v) is 1.45. The van der Waals surface area contributed by atoms with E-state index in [1.54, 1.807) is 34.7 Å². The normalized spacial score (nSPS) is 12.9. The quantitative estimate of drug-likeness (QED) is 0.624. The fourth-order valence-electron chi connectivity index (χ4n) is 0.579. The number of carbonyl (C=O) groups excluding carboxylic acids is 1. The van der Waals surface area contributed by atoms with E-state index in [4.69, 9.17) is 10.00 Å². The van der Waals surface area contributed by atoms with Gasteiger partial charge in [-0.3, -0.25) is 4.90 Å². The van der Waals surface area contributed by atoms with Gasteiger partial charge in [-0.05, 0) is 27.7 Å². The summed E-state index contributed by atoms with van der Waals surface area (Å²) in [6, 6.07) is 1.49. The Kier molecular flexibility index (Phi) is 3.73. The number of hydrogen-bond acceptors (Lipinski definition) is 3. The minimum atomic E-state index is -0.513.